The number of nitrogens with zero attached hydrogens (tertiary/aromatic N) is 2. The van der Waals surface area contributed by atoms with Gasteiger partial charge in [0.15, 0.2) is 17.4 Å². The fraction of sp³-hybridized carbons (Fsp3) is 0.412. The summed E-state index contributed by atoms with van der Waals surface area (Å²) in [6.45, 7) is 0.639. The molecule has 10 heteroatoms. The summed E-state index contributed by atoms with van der Waals surface area (Å²) in [7, 11) is 0. The summed E-state index contributed by atoms with van der Waals surface area (Å²) in [5.41, 5.74) is 9.76. The molecule has 27 heavy (non-hydrogen) atoms. The predicted molar refractivity (Wildman–Crippen MR) is 94.3 cm³/mol. The van der Waals surface area contributed by atoms with Crippen LogP contribution in [-0.4, -0.2) is 35.0 Å². The quantitative estimate of drug-likeness (QED) is 0.548. The number of rotatable bonds is 3. The van der Waals surface area contributed by atoms with Crippen LogP contribution in [0.5, 0.6) is 5.75 Å². The fourth-order valence-electron chi connectivity index (χ4n) is 3.60. The molecule has 0 radical (unpaired) electrons. The molecule has 2 aromatic rings. The molecule has 1 aromatic carbocycles. The van der Waals surface area contributed by atoms with Crippen molar-refractivity contribution in [3.8, 4) is 5.75 Å². The summed E-state index contributed by atoms with van der Waals surface area (Å²) in [4.78, 5) is 25.0. The first-order valence-corrected chi connectivity index (χ1v) is 8.56. The third-order valence-corrected chi connectivity index (χ3v) is 5.01. The third kappa shape index (κ3) is 2.76. The summed E-state index contributed by atoms with van der Waals surface area (Å²) in [6.07, 6.45) is 1.46. The molecular weight excluding hydrogens is 362 g/mol. The Morgan fingerprint density at radius 2 is 1.96 bits per heavy atom. The second kappa shape index (κ2) is 6.08. The molecule has 8 nitrogen and oxygen atoms in total. The first-order chi connectivity index (χ1) is 12.8. The van der Waals surface area contributed by atoms with Gasteiger partial charge in [-0.2, -0.15) is 0 Å². The van der Waals surface area contributed by atoms with E-state index in [0.717, 1.165) is 6.20 Å². The molecule has 5 N–H and O–H groups in total. The van der Waals surface area contributed by atoms with Gasteiger partial charge in [0.1, 0.15) is 5.69 Å². The van der Waals surface area contributed by atoms with Gasteiger partial charge in [0.25, 0.3) is 0 Å². The SMILES string of the molecule is Nc1c(F)c(N2CCC(N)C2)c(F)c2c1c(=O)c(OC(=O)O)cn2C1CC1. The van der Waals surface area contributed by atoms with Crippen molar-refractivity contribution in [2.75, 3.05) is 23.7 Å². The van der Waals surface area contributed by atoms with Crippen LogP contribution < -0.4 is 26.5 Å². The van der Waals surface area contributed by atoms with E-state index in [2.05, 4.69) is 4.74 Å². The highest BCUT2D eigenvalue weighted by molar-refractivity contribution is 5.96. The lowest BCUT2D eigenvalue weighted by molar-refractivity contribution is 0.143. The molecule has 1 aliphatic carbocycles. The standard InChI is InChI=1S/C17H18F2N4O4/c18-11-13(21)10-14(12(19)15(11)22-4-3-7(20)5-22)23(8-1-2-8)6-9(16(10)24)27-17(25)26/h6-8H,1-5,20-21H2,(H,25,26). The molecule has 1 aliphatic heterocycles. The number of aromatic nitrogens is 1. The molecule has 1 unspecified atom stereocenters. The van der Waals surface area contributed by atoms with E-state index in [9.17, 15) is 14.0 Å². The van der Waals surface area contributed by atoms with E-state index in [0.29, 0.717) is 25.8 Å². The number of nitrogens with two attached hydrogens (primary N) is 2. The lowest BCUT2D eigenvalue weighted by Crippen LogP contribution is -2.28. The van der Waals surface area contributed by atoms with E-state index >= 15 is 4.39 Å². The van der Waals surface area contributed by atoms with Crippen LogP contribution in [0.15, 0.2) is 11.0 Å². The van der Waals surface area contributed by atoms with Crippen LogP contribution >= 0.6 is 0 Å². The van der Waals surface area contributed by atoms with E-state index in [1.165, 1.54) is 9.47 Å². The van der Waals surface area contributed by atoms with E-state index in [1.807, 2.05) is 0 Å². The molecule has 2 heterocycles. The molecule has 2 aliphatic rings. The number of hydrogen-bond donors (Lipinski definition) is 3. The van der Waals surface area contributed by atoms with Crippen molar-refractivity contribution in [1.82, 2.24) is 4.57 Å². The van der Waals surface area contributed by atoms with Gasteiger partial charge in [0, 0.05) is 25.2 Å². The number of pyridine rings is 1. The molecule has 2 fully saturated rings. The maximum absolute atomic E-state index is 15.4. The highest BCUT2D eigenvalue weighted by atomic mass is 19.1. The van der Waals surface area contributed by atoms with E-state index in [1.54, 1.807) is 0 Å². The van der Waals surface area contributed by atoms with Crippen LogP contribution in [0.25, 0.3) is 10.9 Å². The number of hydrogen-bond acceptors (Lipinski definition) is 6. The van der Waals surface area contributed by atoms with Crippen LogP contribution in [0.3, 0.4) is 0 Å². The van der Waals surface area contributed by atoms with E-state index < -0.39 is 40.0 Å². The van der Waals surface area contributed by atoms with Gasteiger partial charge < -0.3 is 30.8 Å². The molecule has 0 amide bonds. The van der Waals surface area contributed by atoms with Gasteiger partial charge in [-0.15, -0.1) is 0 Å². The fourth-order valence-corrected chi connectivity index (χ4v) is 3.60. The molecular formula is C17H18F2N4O4. The van der Waals surface area contributed by atoms with Crippen molar-refractivity contribution in [3.05, 3.63) is 28.1 Å². The molecule has 1 saturated carbocycles. The van der Waals surface area contributed by atoms with Crippen molar-refractivity contribution in [3.63, 3.8) is 0 Å². The van der Waals surface area contributed by atoms with Crippen LogP contribution in [-0.2, 0) is 0 Å². The molecule has 0 spiro atoms. The van der Waals surface area contributed by atoms with Crippen molar-refractivity contribution in [2.45, 2.75) is 31.3 Å². The largest absolute Gasteiger partial charge is 0.511 e. The molecule has 1 saturated heterocycles. The summed E-state index contributed by atoms with van der Waals surface area (Å²) in [6, 6.07) is -0.352. The number of ether oxygens (including phenoxy) is 1. The summed E-state index contributed by atoms with van der Waals surface area (Å²) in [5, 5.41) is 8.42. The summed E-state index contributed by atoms with van der Waals surface area (Å²) in [5.74, 6) is -2.50. The van der Waals surface area contributed by atoms with Crippen molar-refractivity contribution in [2.24, 2.45) is 5.73 Å². The van der Waals surface area contributed by atoms with Gasteiger partial charge in [-0.1, -0.05) is 0 Å². The highest BCUT2D eigenvalue weighted by Gasteiger charge is 2.34. The Kier molecular flexibility index (Phi) is 3.95. The van der Waals surface area contributed by atoms with Gasteiger partial charge in [0.2, 0.25) is 5.43 Å². The lowest BCUT2D eigenvalue weighted by Gasteiger charge is -2.23. The third-order valence-electron chi connectivity index (χ3n) is 5.01. The van der Waals surface area contributed by atoms with Crippen LogP contribution in [0, 0.1) is 11.6 Å². The highest BCUT2D eigenvalue weighted by Crippen LogP contribution is 2.42. The monoisotopic (exact) mass is 380 g/mol. The molecule has 144 valence electrons. The van der Waals surface area contributed by atoms with E-state index in [4.69, 9.17) is 16.6 Å². The van der Waals surface area contributed by atoms with Gasteiger partial charge in [0.05, 0.1) is 22.8 Å². The van der Waals surface area contributed by atoms with E-state index in [-0.39, 0.29) is 29.8 Å². The van der Waals surface area contributed by atoms with Crippen LogP contribution in [0.2, 0.25) is 0 Å². The zero-order chi connectivity index (χ0) is 19.5. The Morgan fingerprint density at radius 3 is 2.52 bits per heavy atom. The zero-order valence-electron chi connectivity index (χ0n) is 14.2. The lowest BCUT2D eigenvalue weighted by atomic mass is 10.1. The molecule has 1 aromatic heterocycles. The average molecular weight is 380 g/mol. The molecule has 4 rings (SSSR count). The maximum Gasteiger partial charge on any atom is 0.511 e. The number of carboxylic acid groups (broad SMARTS) is 1. The number of halogens is 2. The number of nitrogen functional groups attached to an aromatic ring is 1. The predicted octanol–water partition coefficient (Wildman–Crippen LogP) is 1.79. The van der Waals surface area contributed by atoms with Crippen molar-refractivity contribution < 1.29 is 23.4 Å². The van der Waals surface area contributed by atoms with Crippen molar-refractivity contribution >= 4 is 28.4 Å². The minimum Gasteiger partial charge on any atom is -0.449 e. The van der Waals surface area contributed by atoms with Crippen LogP contribution in [0.4, 0.5) is 25.0 Å². The summed E-state index contributed by atoms with van der Waals surface area (Å²) >= 11 is 0. The zero-order valence-corrected chi connectivity index (χ0v) is 14.2. The Labute approximate surface area is 151 Å². The van der Waals surface area contributed by atoms with Gasteiger partial charge in [-0.25, -0.2) is 13.6 Å². The van der Waals surface area contributed by atoms with Crippen molar-refractivity contribution in [1.29, 1.82) is 0 Å². The minimum absolute atomic E-state index is 0.141. The summed E-state index contributed by atoms with van der Waals surface area (Å²) < 4.78 is 36.3. The normalized spacial score (nSPS) is 19.7. The number of carbonyl (C=O) groups is 1. The Morgan fingerprint density at radius 1 is 1.26 bits per heavy atom. The van der Waals surface area contributed by atoms with Crippen LogP contribution in [0.1, 0.15) is 25.3 Å². The van der Waals surface area contributed by atoms with Gasteiger partial charge >= 0.3 is 6.16 Å². The van der Waals surface area contributed by atoms with Gasteiger partial charge in [-0.3, -0.25) is 4.79 Å². The second-order valence-corrected chi connectivity index (χ2v) is 6.94. The first kappa shape index (κ1) is 17.5. The second-order valence-electron chi connectivity index (χ2n) is 6.94. The Balaban J connectivity index is 2.04. The van der Waals surface area contributed by atoms with Gasteiger partial charge in [-0.05, 0) is 19.3 Å². The Hall–Kier alpha value is -2.88. The minimum atomic E-state index is -1.70. The molecule has 0 bridgehead atoms. The smallest absolute Gasteiger partial charge is 0.449 e. The number of fused-ring (bicyclic) bond motifs is 1. The Bertz CT molecular complexity index is 1020. The number of benzene rings is 1. The number of anilines is 2. The maximum atomic E-state index is 15.4. The average Bonchev–Trinajstić information content (AvgIpc) is 3.36. The topological polar surface area (TPSA) is 124 Å². The molecule has 1 atom stereocenters. The first-order valence-electron chi connectivity index (χ1n) is 8.56.